The first-order valence-electron chi connectivity index (χ1n) is 11.0. The van der Waals surface area contributed by atoms with E-state index in [0.29, 0.717) is 18.8 Å². The number of carbonyl (C=O) groups is 1. The molecular formula is C26H34O4. The summed E-state index contributed by atoms with van der Waals surface area (Å²) in [6.45, 7) is 3.17. The molecule has 4 heteroatoms. The van der Waals surface area contributed by atoms with Gasteiger partial charge in [0, 0.05) is 7.11 Å². The van der Waals surface area contributed by atoms with Gasteiger partial charge >= 0.3 is 5.97 Å². The number of benzene rings is 2. The molecule has 0 unspecified atom stereocenters. The molecule has 0 spiro atoms. The predicted octanol–water partition coefficient (Wildman–Crippen LogP) is 5.95. The smallest absolute Gasteiger partial charge is 0.338 e. The maximum Gasteiger partial charge on any atom is 0.338 e. The van der Waals surface area contributed by atoms with Crippen molar-refractivity contribution in [3.05, 3.63) is 59.2 Å². The third-order valence-electron chi connectivity index (χ3n) is 6.08. The molecule has 30 heavy (non-hydrogen) atoms. The van der Waals surface area contributed by atoms with Crippen LogP contribution in [0.3, 0.4) is 0 Å². The maximum absolute atomic E-state index is 12.3. The number of hydrogen-bond donors (Lipinski definition) is 0. The van der Waals surface area contributed by atoms with Crippen molar-refractivity contribution >= 4 is 5.97 Å². The molecule has 1 fully saturated rings. The lowest BCUT2D eigenvalue weighted by molar-refractivity contribution is -0.0262. The number of methoxy groups -OCH3 is 2. The second-order valence-corrected chi connectivity index (χ2v) is 8.31. The Kier molecular flexibility index (Phi) is 8.47. The van der Waals surface area contributed by atoms with Gasteiger partial charge in [-0.25, -0.2) is 4.79 Å². The van der Waals surface area contributed by atoms with Gasteiger partial charge in [-0.1, -0.05) is 62.4 Å². The van der Waals surface area contributed by atoms with Crippen molar-refractivity contribution in [2.45, 2.75) is 58.2 Å². The molecule has 0 bridgehead atoms. The highest BCUT2D eigenvalue weighted by atomic mass is 16.5. The highest BCUT2D eigenvalue weighted by molar-refractivity contribution is 5.97. The fourth-order valence-corrected chi connectivity index (χ4v) is 4.45. The quantitative estimate of drug-likeness (QED) is 0.479. The summed E-state index contributed by atoms with van der Waals surface area (Å²) in [5.74, 6) is 0.415. The lowest BCUT2D eigenvalue weighted by Gasteiger charge is -2.26. The largest absolute Gasteiger partial charge is 0.465 e. The van der Waals surface area contributed by atoms with E-state index in [1.165, 1.54) is 39.2 Å². The molecule has 0 saturated heterocycles. The normalized spacial score (nSPS) is 15.7. The number of hydrogen-bond acceptors (Lipinski definition) is 4. The number of carbonyl (C=O) groups excluding carboxylic acids is 1. The van der Waals surface area contributed by atoms with Crippen molar-refractivity contribution in [3.63, 3.8) is 0 Å². The predicted molar refractivity (Wildman–Crippen MR) is 120 cm³/mol. The van der Waals surface area contributed by atoms with Gasteiger partial charge in [0.05, 0.1) is 32.0 Å². The summed E-state index contributed by atoms with van der Waals surface area (Å²) in [6, 6.07) is 13.9. The summed E-state index contributed by atoms with van der Waals surface area (Å²) in [4.78, 5) is 12.3. The second kappa shape index (κ2) is 11.3. The molecular weight excluding hydrogens is 376 g/mol. The summed E-state index contributed by atoms with van der Waals surface area (Å²) < 4.78 is 16.7. The van der Waals surface area contributed by atoms with Crippen molar-refractivity contribution in [1.82, 2.24) is 0 Å². The molecule has 2 aromatic rings. The molecule has 0 radical (unpaired) electrons. The van der Waals surface area contributed by atoms with Crippen molar-refractivity contribution in [1.29, 1.82) is 0 Å². The first-order valence-corrected chi connectivity index (χ1v) is 11.0. The van der Waals surface area contributed by atoms with Crippen molar-refractivity contribution in [2.24, 2.45) is 5.92 Å². The van der Waals surface area contributed by atoms with Crippen molar-refractivity contribution in [3.8, 4) is 11.1 Å². The van der Waals surface area contributed by atoms with Gasteiger partial charge in [0.2, 0.25) is 0 Å². The maximum atomic E-state index is 12.3. The summed E-state index contributed by atoms with van der Waals surface area (Å²) in [5.41, 5.74) is 4.67. The first-order chi connectivity index (χ1) is 14.6. The molecule has 4 nitrogen and oxygen atoms in total. The van der Waals surface area contributed by atoms with Crippen LogP contribution < -0.4 is 0 Å². The van der Waals surface area contributed by atoms with E-state index in [4.69, 9.17) is 14.2 Å². The van der Waals surface area contributed by atoms with E-state index in [9.17, 15) is 4.79 Å². The van der Waals surface area contributed by atoms with E-state index >= 15 is 0 Å². The Hall–Kier alpha value is -2.17. The molecule has 1 aliphatic rings. The standard InChI is InChI=1S/C26H34O4/c1-19-9-7-8-12-23(19)25-16-21(13-14-24(25)26(27)29-3)17-30-22(18-28-2)15-20-10-5-4-6-11-20/h7-9,12-14,16,20,22H,4-6,10-11,15,17-18H2,1-3H3/t22-/m0/s1. The Morgan fingerprint density at radius 1 is 1.03 bits per heavy atom. The third kappa shape index (κ3) is 5.93. The van der Waals surface area contributed by atoms with Crippen LogP contribution in [0.5, 0.6) is 0 Å². The van der Waals surface area contributed by atoms with Crippen LogP contribution in [0.15, 0.2) is 42.5 Å². The lowest BCUT2D eigenvalue weighted by atomic mass is 9.85. The van der Waals surface area contributed by atoms with E-state index in [-0.39, 0.29) is 12.1 Å². The molecule has 1 aliphatic carbocycles. The highest BCUT2D eigenvalue weighted by Gasteiger charge is 2.20. The molecule has 1 saturated carbocycles. The van der Waals surface area contributed by atoms with E-state index in [1.54, 1.807) is 7.11 Å². The van der Waals surface area contributed by atoms with E-state index in [2.05, 4.69) is 19.1 Å². The summed E-state index contributed by atoms with van der Waals surface area (Å²) in [7, 11) is 3.15. The summed E-state index contributed by atoms with van der Waals surface area (Å²) in [5, 5.41) is 0. The van der Waals surface area contributed by atoms with Crippen molar-refractivity contribution < 1.29 is 19.0 Å². The number of aryl methyl sites for hydroxylation is 1. The van der Waals surface area contributed by atoms with Crippen LogP contribution in [0, 0.1) is 12.8 Å². The zero-order chi connectivity index (χ0) is 21.3. The number of rotatable bonds is 9. The first kappa shape index (κ1) is 22.5. The van der Waals surface area contributed by atoms with E-state index in [0.717, 1.165) is 34.6 Å². The molecule has 0 aliphatic heterocycles. The molecule has 3 rings (SSSR count). The van der Waals surface area contributed by atoms with Gasteiger partial charge in [0.25, 0.3) is 0 Å². The Balaban J connectivity index is 1.77. The molecule has 0 aromatic heterocycles. The monoisotopic (exact) mass is 410 g/mol. The lowest BCUT2D eigenvalue weighted by Crippen LogP contribution is -2.24. The Morgan fingerprint density at radius 3 is 2.50 bits per heavy atom. The summed E-state index contributed by atoms with van der Waals surface area (Å²) >= 11 is 0. The van der Waals surface area contributed by atoms with Crippen LogP contribution in [0.2, 0.25) is 0 Å². The molecule has 0 heterocycles. The average molecular weight is 411 g/mol. The van der Waals surface area contributed by atoms with E-state index < -0.39 is 0 Å². The Labute approximate surface area is 180 Å². The third-order valence-corrected chi connectivity index (χ3v) is 6.08. The zero-order valence-corrected chi connectivity index (χ0v) is 18.5. The van der Waals surface area contributed by atoms with Gasteiger partial charge in [-0.15, -0.1) is 0 Å². The van der Waals surface area contributed by atoms with Crippen LogP contribution in [0.4, 0.5) is 0 Å². The van der Waals surface area contributed by atoms with Gasteiger partial charge < -0.3 is 14.2 Å². The number of esters is 1. The van der Waals surface area contributed by atoms with Crippen LogP contribution in [-0.4, -0.2) is 32.9 Å². The van der Waals surface area contributed by atoms with E-state index in [1.807, 2.05) is 30.3 Å². The van der Waals surface area contributed by atoms with Crippen molar-refractivity contribution in [2.75, 3.05) is 20.8 Å². The fraction of sp³-hybridized carbons (Fsp3) is 0.500. The Bertz CT molecular complexity index is 824. The average Bonchev–Trinajstić information content (AvgIpc) is 2.78. The zero-order valence-electron chi connectivity index (χ0n) is 18.5. The molecule has 0 amide bonds. The van der Waals surface area contributed by atoms with Crippen LogP contribution >= 0.6 is 0 Å². The molecule has 2 aromatic carbocycles. The SMILES string of the molecule is COC[C@H](CC1CCCCC1)OCc1ccc(C(=O)OC)c(-c2ccccc2C)c1. The highest BCUT2D eigenvalue weighted by Crippen LogP contribution is 2.30. The minimum atomic E-state index is -0.324. The molecule has 162 valence electrons. The van der Waals surface area contributed by atoms with Crippen LogP contribution in [0.1, 0.15) is 60.0 Å². The topological polar surface area (TPSA) is 44.8 Å². The van der Waals surface area contributed by atoms with Gasteiger partial charge in [0.1, 0.15) is 0 Å². The molecule has 1 atom stereocenters. The minimum Gasteiger partial charge on any atom is -0.465 e. The Morgan fingerprint density at radius 2 is 1.80 bits per heavy atom. The minimum absolute atomic E-state index is 0.0975. The second-order valence-electron chi connectivity index (χ2n) is 8.31. The van der Waals surface area contributed by atoms with Gasteiger partial charge in [-0.2, -0.15) is 0 Å². The fourth-order valence-electron chi connectivity index (χ4n) is 4.45. The van der Waals surface area contributed by atoms with Gasteiger partial charge in [-0.3, -0.25) is 0 Å². The van der Waals surface area contributed by atoms with Gasteiger partial charge in [0.15, 0.2) is 0 Å². The van der Waals surface area contributed by atoms with Gasteiger partial charge in [-0.05, 0) is 53.6 Å². The summed E-state index contributed by atoms with van der Waals surface area (Å²) in [6.07, 6.45) is 7.78. The number of ether oxygens (including phenoxy) is 3. The van der Waals surface area contributed by atoms with Crippen LogP contribution in [0.25, 0.3) is 11.1 Å². The molecule has 0 N–H and O–H groups in total. The van der Waals surface area contributed by atoms with Crippen LogP contribution in [-0.2, 0) is 20.8 Å².